The van der Waals surface area contributed by atoms with Crippen molar-refractivity contribution in [1.29, 1.82) is 0 Å². The molecule has 0 radical (unpaired) electrons. The van der Waals surface area contributed by atoms with Gasteiger partial charge in [0.1, 0.15) is 17.7 Å². The topological polar surface area (TPSA) is 37.4 Å². The molecule has 1 atom stereocenters. The summed E-state index contributed by atoms with van der Waals surface area (Å²) in [6.45, 7) is 4.03. The molecule has 1 aromatic carbocycles. The smallest absolute Gasteiger partial charge is 0.141 e. The van der Waals surface area contributed by atoms with Crippen molar-refractivity contribution in [3.8, 4) is 5.75 Å². The number of ether oxygens (including phenoxy) is 1. The minimum atomic E-state index is -0.00670. The highest BCUT2D eigenvalue weighted by Crippen LogP contribution is 2.37. The van der Waals surface area contributed by atoms with Crippen molar-refractivity contribution < 1.29 is 4.74 Å². The van der Waals surface area contributed by atoms with E-state index in [0.29, 0.717) is 5.02 Å². The monoisotopic (exact) mass is 329 g/mol. The van der Waals surface area contributed by atoms with Crippen LogP contribution in [-0.4, -0.2) is 31.2 Å². The maximum absolute atomic E-state index is 6.22. The number of rotatable bonds is 3. The quantitative estimate of drug-likeness (QED) is 0.938. The number of hydrogen-bond acceptors (Lipinski definition) is 4. The SMILES string of the molecule is Clc1ccccc1O[C@@H]1CCc2ccc(N3CCNCC3)nc21. The highest BCUT2D eigenvalue weighted by atomic mass is 35.5. The fourth-order valence-corrected chi connectivity index (χ4v) is 3.47. The lowest BCUT2D eigenvalue weighted by atomic mass is 10.2. The number of benzene rings is 1. The minimum absolute atomic E-state index is 0.00670. The Labute approximate surface area is 141 Å². The first-order chi connectivity index (χ1) is 11.3. The van der Waals surface area contributed by atoms with E-state index in [1.165, 1.54) is 5.56 Å². The average Bonchev–Trinajstić information content (AvgIpc) is 3.00. The maximum Gasteiger partial charge on any atom is 0.141 e. The van der Waals surface area contributed by atoms with Crippen LogP contribution in [0.1, 0.15) is 23.8 Å². The number of nitrogens with one attached hydrogen (secondary N) is 1. The Hall–Kier alpha value is -1.78. The number of fused-ring (bicyclic) bond motifs is 1. The molecule has 5 heteroatoms. The zero-order chi connectivity index (χ0) is 15.6. The number of para-hydroxylation sites is 1. The Morgan fingerprint density at radius 3 is 2.78 bits per heavy atom. The summed E-state index contributed by atoms with van der Waals surface area (Å²) in [5, 5.41) is 4.03. The third-order valence-electron chi connectivity index (χ3n) is 4.53. The number of pyridine rings is 1. The molecule has 1 fully saturated rings. The first-order valence-electron chi connectivity index (χ1n) is 8.18. The number of aromatic nitrogens is 1. The van der Waals surface area contributed by atoms with Gasteiger partial charge in [-0.3, -0.25) is 0 Å². The van der Waals surface area contributed by atoms with E-state index in [-0.39, 0.29) is 6.10 Å². The van der Waals surface area contributed by atoms with E-state index in [2.05, 4.69) is 22.3 Å². The van der Waals surface area contributed by atoms with Crippen LogP contribution in [0.5, 0.6) is 5.75 Å². The zero-order valence-corrected chi connectivity index (χ0v) is 13.7. The Morgan fingerprint density at radius 1 is 1.13 bits per heavy atom. The summed E-state index contributed by atoms with van der Waals surface area (Å²) < 4.78 is 6.15. The molecule has 0 amide bonds. The fraction of sp³-hybridized carbons (Fsp3) is 0.389. The predicted octanol–water partition coefficient (Wildman–Crippen LogP) is 3.21. The third kappa shape index (κ3) is 3.01. The standard InChI is InChI=1S/C18H20ClN3O/c19-14-3-1-2-4-15(14)23-16-7-5-13-6-8-17(21-18(13)16)22-11-9-20-10-12-22/h1-4,6,8,16,20H,5,7,9-12H2/t16-/m1/s1. The Balaban J connectivity index is 1.58. The molecular formula is C18H20ClN3O. The van der Waals surface area contributed by atoms with Crippen molar-refractivity contribution in [2.45, 2.75) is 18.9 Å². The van der Waals surface area contributed by atoms with Crippen molar-refractivity contribution >= 4 is 17.4 Å². The number of aryl methyl sites for hydroxylation is 1. The fourth-order valence-electron chi connectivity index (χ4n) is 3.28. The summed E-state index contributed by atoms with van der Waals surface area (Å²) in [6.07, 6.45) is 1.96. The molecule has 0 unspecified atom stereocenters. The first kappa shape index (κ1) is 14.8. The van der Waals surface area contributed by atoms with Crippen LogP contribution in [0.25, 0.3) is 0 Å². The molecule has 0 saturated carbocycles. The largest absolute Gasteiger partial charge is 0.483 e. The summed E-state index contributed by atoms with van der Waals surface area (Å²) in [6, 6.07) is 12.0. The van der Waals surface area contributed by atoms with Gasteiger partial charge in [0.25, 0.3) is 0 Å². The molecule has 2 heterocycles. The lowest BCUT2D eigenvalue weighted by Gasteiger charge is -2.29. The lowest BCUT2D eigenvalue weighted by molar-refractivity contribution is 0.203. The van der Waals surface area contributed by atoms with Gasteiger partial charge in [-0.05, 0) is 36.6 Å². The molecule has 1 N–H and O–H groups in total. The van der Waals surface area contributed by atoms with Crippen LogP contribution in [0.4, 0.5) is 5.82 Å². The van der Waals surface area contributed by atoms with Crippen LogP contribution in [0, 0.1) is 0 Å². The molecule has 4 nitrogen and oxygen atoms in total. The zero-order valence-electron chi connectivity index (χ0n) is 13.0. The molecule has 0 spiro atoms. The van der Waals surface area contributed by atoms with E-state index in [0.717, 1.165) is 56.3 Å². The van der Waals surface area contributed by atoms with Crippen molar-refractivity contribution in [3.05, 3.63) is 52.7 Å². The van der Waals surface area contributed by atoms with Gasteiger partial charge in [0.15, 0.2) is 0 Å². The number of piperazine rings is 1. The van der Waals surface area contributed by atoms with Crippen LogP contribution in [0.2, 0.25) is 5.02 Å². The average molecular weight is 330 g/mol. The van der Waals surface area contributed by atoms with E-state index < -0.39 is 0 Å². The maximum atomic E-state index is 6.22. The summed E-state index contributed by atoms with van der Waals surface area (Å²) >= 11 is 6.22. The second-order valence-corrected chi connectivity index (χ2v) is 6.43. The number of halogens is 1. The normalized spacial score (nSPS) is 20.4. The number of nitrogens with zero attached hydrogens (tertiary/aromatic N) is 2. The van der Waals surface area contributed by atoms with Crippen LogP contribution in [-0.2, 0) is 6.42 Å². The van der Waals surface area contributed by atoms with Gasteiger partial charge in [0, 0.05) is 26.2 Å². The van der Waals surface area contributed by atoms with Gasteiger partial charge in [-0.15, -0.1) is 0 Å². The van der Waals surface area contributed by atoms with Crippen molar-refractivity contribution in [2.24, 2.45) is 0 Å². The van der Waals surface area contributed by atoms with E-state index in [1.807, 2.05) is 24.3 Å². The molecule has 2 aliphatic rings. The molecule has 2 aromatic rings. The van der Waals surface area contributed by atoms with Crippen LogP contribution in [0.3, 0.4) is 0 Å². The molecule has 1 aromatic heterocycles. The van der Waals surface area contributed by atoms with E-state index in [4.69, 9.17) is 21.3 Å². The lowest BCUT2D eigenvalue weighted by Crippen LogP contribution is -2.44. The summed E-state index contributed by atoms with van der Waals surface area (Å²) in [5.74, 6) is 1.79. The van der Waals surface area contributed by atoms with E-state index >= 15 is 0 Å². The van der Waals surface area contributed by atoms with Gasteiger partial charge >= 0.3 is 0 Å². The molecular weight excluding hydrogens is 310 g/mol. The predicted molar refractivity (Wildman–Crippen MR) is 92.5 cm³/mol. The molecule has 1 aliphatic carbocycles. The van der Waals surface area contributed by atoms with Crippen LogP contribution >= 0.6 is 11.6 Å². The first-order valence-corrected chi connectivity index (χ1v) is 8.56. The third-order valence-corrected chi connectivity index (χ3v) is 4.84. The Bertz CT molecular complexity index is 700. The second-order valence-electron chi connectivity index (χ2n) is 6.03. The Morgan fingerprint density at radius 2 is 1.96 bits per heavy atom. The molecule has 23 heavy (non-hydrogen) atoms. The van der Waals surface area contributed by atoms with Gasteiger partial charge < -0.3 is 15.0 Å². The summed E-state index contributed by atoms with van der Waals surface area (Å²) in [5.41, 5.74) is 2.36. The van der Waals surface area contributed by atoms with Gasteiger partial charge in [-0.1, -0.05) is 29.8 Å². The molecule has 0 bridgehead atoms. The van der Waals surface area contributed by atoms with Crippen molar-refractivity contribution in [3.63, 3.8) is 0 Å². The van der Waals surface area contributed by atoms with Gasteiger partial charge in [-0.25, -0.2) is 4.98 Å². The minimum Gasteiger partial charge on any atom is -0.483 e. The van der Waals surface area contributed by atoms with Crippen LogP contribution < -0.4 is 15.0 Å². The summed E-state index contributed by atoms with van der Waals surface area (Å²) in [4.78, 5) is 7.25. The van der Waals surface area contributed by atoms with Gasteiger partial charge in [-0.2, -0.15) is 0 Å². The number of hydrogen-bond donors (Lipinski definition) is 1. The highest BCUT2D eigenvalue weighted by Gasteiger charge is 2.27. The van der Waals surface area contributed by atoms with Gasteiger partial charge in [0.05, 0.1) is 10.7 Å². The molecule has 1 aliphatic heterocycles. The van der Waals surface area contributed by atoms with Crippen molar-refractivity contribution in [2.75, 3.05) is 31.1 Å². The van der Waals surface area contributed by atoms with Crippen LogP contribution in [0.15, 0.2) is 36.4 Å². The highest BCUT2D eigenvalue weighted by molar-refractivity contribution is 6.32. The van der Waals surface area contributed by atoms with E-state index in [1.54, 1.807) is 0 Å². The van der Waals surface area contributed by atoms with Crippen molar-refractivity contribution in [1.82, 2.24) is 10.3 Å². The number of anilines is 1. The second kappa shape index (κ2) is 6.38. The molecule has 1 saturated heterocycles. The Kier molecular flexibility index (Phi) is 4.10. The summed E-state index contributed by atoms with van der Waals surface area (Å²) in [7, 11) is 0. The molecule has 4 rings (SSSR count). The molecule has 120 valence electrons. The van der Waals surface area contributed by atoms with E-state index in [9.17, 15) is 0 Å². The van der Waals surface area contributed by atoms with Gasteiger partial charge in [0.2, 0.25) is 0 Å².